The van der Waals surface area contributed by atoms with Crippen molar-refractivity contribution in [2.45, 2.75) is 25.1 Å². The molecule has 0 saturated heterocycles. The van der Waals surface area contributed by atoms with Crippen molar-refractivity contribution in [3.63, 3.8) is 0 Å². The maximum absolute atomic E-state index is 9.07. The van der Waals surface area contributed by atoms with Crippen LogP contribution in [0.5, 0.6) is 0 Å². The fourth-order valence-electron chi connectivity index (χ4n) is 2.49. The molecule has 98 valence electrons. The monoisotopic (exact) mass is 256 g/mol. The third-order valence-electron chi connectivity index (χ3n) is 3.48. The smallest absolute Gasteiger partial charge is 0.223 e. The van der Waals surface area contributed by atoms with Gasteiger partial charge in [0.25, 0.3) is 0 Å². The lowest BCUT2D eigenvalue weighted by atomic mass is 10.1. The van der Waals surface area contributed by atoms with Gasteiger partial charge in [0.15, 0.2) is 0 Å². The molecular formula is C14H16N4O. The average Bonchev–Trinajstić information content (AvgIpc) is 2.76. The van der Waals surface area contributed by atoms with Crippen molar-refractivity contribution in [1.29, 1.82) is 0 Å². The average molecular weight is 256 g/mol. The van der Waals surface area contributed by atoms with E-state index in [0.717, 1.165) is 6.42 Å². The number of hydrogen-bond acceptors (Lipinski definition) is 5. The molecule has 0 unspecified atom stereocenters. The van der Waals surface area contributed by atoms with Gasteiger partial charge in [-0.3, -0.25) is 0 Å². The van der Waals surface area contributed by atoms with Crippen LogP contribution in [0, 0.1) is 0 Å². The van der Waals surface area contributed by atoms with Crippen molar-refractivity contribution >= 4 is 5.95 Å². The second-order valence-electron chi connectivity index (χ2n) is 4.71. The van der Waals surface area contributed by atoms with E-state index in [2.05, 4.69) is 27.4 Å². The van der Waals surface area contributed by atoms with Crippen LogP contribution in [0.25, 0.3) is 0 Å². The van der Waals surface area contributed by atoms with E-state index in [-0.39, 0.29) is 18.7 Å². The molecule has 1 aliphatic rings. The zero-order chi connectivity index (χ0) is 13.2. The molecule has 1 heterocycles. The van der Waals surface area contributed by atoms with Crippen LogP contribution in [-0.4, -0.2) is 21.1 Å². The van der Waals surface area contributed by atoms with Gasteiger partial charge < -0.3 is 16.2 Å². The third kappa shape index (κ3) is 2.30. The minimum atomic E-state index is -0.0891. The highest BCUT2D eigenvalue weighted by Crippen LogP contribution is 2.30. The standard InChI is InChI=1S/C14H16N4O/c15-13-11-4-2-1-3-9(11)7-12(13)18-14-16-6-5-10(8-19)17-14/h1-6,12-13,19H,7-8,15H2,(H,16,17,18)/t12-,13-/m1/s1. The molecule has 1 aromatic heterocycles. The molecule has 1 aliphatic carbocycles. The van der Waals surface area contributed by atoms with Crippen LogP contribution in [0.1, 0.15) is 22.9 Å². The Morgan fingerprint density at radius 3 is 2.95 bits per heavy atom. The number of aromatic nitrogens is 2. The first-order valence-corrected chi connectivity index (χ1v) is 6.30. The number of nitrogens with zero attached hydrogens (tertiary/aromatic N) is 2. The van der Waals surface area contributed by atoms with Crippen molar-refractivity contribution in [1.82, 2.24) is 9.97 Å². The maximum atomic E-state index is 9.07. The summed E-state index contributed by atoms with van der Waals surface area (Å²) in [6, 6.07) is 9.91. The Morgan fingerprint density at radius 1 is 1.32 bits per heavy atom. The van der Waals surface area contributed by atoms with Gasteiger partial charge >= 0.3 is 0 Å². The largest absolute Gasteiger partial charge is 0.390 e. The van der Waals surface area contributed by atoms with E-state index in [1.165, 1.54) is 11.1 Å². The van der Waals surface area contributed by atoms with Gasteiger partial charge in [0.05, 0.1) is 24.4 Å². The van der Waals surface area contributed by atoms with Crippen molar-refractivity contribution < 1.29 is 5.11 Å². The number of aliphatic hydroxyl groups excluding tert-OH is 1. The van der Waals surface area contributed by atoms with Gasteiger partial charge in [0.1, 0.15) is 0 Å². The predicted octanol–water partition coefficient (Wildman–Crippen LogP) is 1.01. The van der Waals surface area contributed by atoms with E-state index < -0.39 is 0 Å². The molecule has 0 aliphatic heterocycles. The Labute approximate surface area is 111 Å². The number of anilines is 1. The Balaban J connectivity index is 1.79. The molecule has 3 rings (SSSR count). The molecule has 19 heavy (non-hydrogen) atoms. The SMILES string of the molecule is N[C@@H]1c2ccccc2C[C@H]1Nc1nccc(CO)n1. The Kier molecular flexibility index (Phi) is 3.15. The van der Waals surface area contributed by atoms with Crippen molar-refractivity contribution in [2.75, 3.05) is 5.32 Å². The first-order valence-electron chi connectivity index (χ1n) is 6.30. The molecule has 4 N–H and O–H groups in total. The molecule has 2 atom stereocenters. The Bertz CT molecular complexity index is 587. The van der Waals surface area contributed by atoms with Gasteiger partial charge in [0.2, 0.25) is 5.95 Å². The van der Waals surface area contributed by atoms with Crippen LogP contribution in [0.15, 0.2) is 36.5 Å². The van der Waals surface area contributed by atoms with Crippen LogP contribution in [-0.2, 0) is 13.0 Å². The van der Waals surface area contributed by atoms with Crippen molar-refractivity contribution in [2.24, 2.45) is 5.73 Å². The molecule has 5 nitrogen and oxygen atoms in total. The highest BCUT2D eigenvalue weighted by atomic mass is 16.3. The van der Waals surface area contributed by atoms with E-state index in [0.29, 0.717) is 11.6 Å². The van der Waals surface area contributed by atoms with Gasteiger partial charge in [-0.15, -0.1) is 0 Å². The molecule has 1 aromatic carbocycles. The van der Waals surface area contributed by atoms with Crippen molar-refractivity contribution in [3.05, 3.63) is 53.3 Å². The minimum Gasteiger partial charge on any atom is -0.390 e. The molecule has 0 fully saturated rings. The van der Waals surface area contributed by atoms with Gasteiger partial charge in [0, 0.05) is 6.20 Å². The molecule has 0 saturated carbocycles. The first-order chi connectivity index (χ1) is 9.28. The summed E-state index contributed by atoms with van der Waals surface area (Å²) in [5, 5.41) is 12.3. The summed E-state index contributed by atoms with van der Waals surface area (Å²) in [6.45, 7) is -0.0891. The Hall–Kier alpha value is -1.98. The van der Waals surface area contributed by atoms with E-state index in [1.54, 1.807) is 12.3 Å². The number of rotatable bonds is 3. The van der Waals surface area contributed by atoms with Crippen LogP contribution < -0.4 is 11.1 Å². The zero-order valence-electron chi connectivity index (χ0n) is 10.5. The number of benzene rings is 1. The van der Waals surface area contributed by atoms with Crippen LogP contribution in [0.2, 0.25) is 0 Å². The summed E-state index contributed by atoms with van der Waals surface area (Å²) in [5.41, 5.74) is 9.29. The summed E-state index contributed by atoms with van der Waals surface area (Å²) in [6.07, 6.45) is 2.50. The van der Waals surface area contributed by atoms with E-state index in [1.807, 2.05) is 12.1 Å². The molecule has 0 amide bonds. The Morgan fingerprint density at radius 2 is 2.16 bits per heavy atom. The van der Waals surface area contributed by atoms with Crippen molar-refractivity contribution in [3.8, 4) is 0 Å². The first kappa shape index (κ1) is 12.1. The van der Waals surface area contributed by atoms with E-state index >= 15 is 0 Å². The fraction of sp³-hybridized carbons (Fsp3) is 0.286. The molecule has 2 aromatic rings. The fourth-order valence-corrected chi connectivity index (χ4v) is 2.49. The third-order valence-corrected chi connectivity index (χ3v) is 3.48. The zero-order valence-corrected chi connectivity index (χ0v) is 10.5. The second-order valence-corrected chi connectivity index (χ2v) is 4.71. The second kappa shape index (κ2) is 4.95. The summed E-state index contributed by atoms with van der Waals surface area (Å²) < 4.78 is 0. The lowest BCUT2D eigenvalue weighted by Crippen LogP contribution is -2.30. The number of nitrogens with one attached hydrogen (secondary N) is 1. The summed E-state index contributed by atoms with van der Waals surface area (Å²) in [5.74, 6) is 0.514. The molecular weight excluding hydrogens is 240 g/mol. The molecule has 0 bridgehead atoms. The lowest BCUT2D eigenvalue weighted by molar-refractivity contribution is 0.277. The van der Waals surface area contributed by atoms with Crippen LogP contribution in [0.3, 0.4) is 0 Å². The number of fused-ring (bicyclic) bond motifs is 1. The maximum Gasteiger partial charge on any atom is 0.223 e. The van der Waals surface area contributed by atoms with Gasteiger partial charge in [-0.25, -0.2) is 9.97 Å². The summed E-state index contributed by atoms with van der Waals surface area (Å²) in [7, 11) is 0. The van der Waals surface area contributed by atoms with Crippen LogP contribution in [0.4, 0.5) is 5.95 Å². The molecule has 0 spiro atoms. The highest BCUT2D eigenvalue weighted by Gasteiger charge is 2.29. The van der Waals surface area contributed by atoms with E-state index in [9.17, 15) is 0 Å². The number of nitrogens with two attached hydrogens (primary N) is 1. The van der Waals surface area contributed by atoms with Gasteiger partial charge in [-0.1, -0.05) is 24.3 Å². The number of hydrogen-bond donors (Lipinski definition) is 3. The van der Waals surface area contributed by atoms with Gasteiger partial charge in [-0.05, 0) is 23.6 Å². The molecule has 5 heteroatoms. The predicted molar refractivity (Wildman–Crippen MR) is 72.4 cm³/mol. The topological polar surface area (TPSA) is 84.1 Å². The number of aliphatic hydroxyl groups is 1. The summed E-state index contributed by atoms with van der Waals surface area (Å²) >= 11 is 0. The normalized spacial score (nSPS) is 21.2. The highest BCUT2D eigenvalue weighted by molar-refractivity contribution is 5.41. The molecule has 0 radical (unpaired) electrons. The van der Waals surface area contributed by atoms with Gasteiger partial charge in [-0.2, -0.15) is 0 Å². The van der Waals surface area contributed by atoms with E-state index in [4.69, 9.17) is 10.8 Å². The van der Waals surface area contributed by atoms with Crippen LogP contribution >= 0.6 is 0 Å². The lowest BCUT2D eigenvalue weighted by Gasteiger charge is -2.17. The minimum absolute atomic E-state index is 0.0578. The quantitative estimate of drug-likeness (QED) is 0.763. The summed E-state index contributed by atoms with van der Waals surface area (Å²) in [4.78, 5) is 8.38.